The van der Waals surface area contributed by atoms with E-state index in [0.29, 0.717) is 22.9 Å². The summed E-state index contributed by atoms with van der Waals surface area (Å²) in [5.41, 5.74) is 2.03. The number of methoxy groups -OCH3 is 1. The quantitative estimate of drug-likeness (QED) is 0.444. The number of anilines is 1. The third kappa shape index (κ3) is 6.13. The molecule has 0 bridgehead atoms. The maximum atomic E-state index is 12.8. The van der Waals surface area contributed by atoms with Gasteiger partial charge in [-0.15, -0.1) is 0 Å². The summed E-state index contributed by atoms with van der Waals surface area (Å²) in [6.45, 7) is 0.157. The molecule has 180 valence electrons. The lowest BCUT2D eigenvalue weighted by Crippen LogP contribution is -2.28. The van der Waals surface area contributed by atoms with Crippen LogP contribution in [0, 0.1) is 0 Å². The van der Waals surface area contributed by atoms with Gasteiger partial charge in [0.15, 0.2) is 15.7 Å². The number of rotatable bonds is 8. The van der Waals surface area contributed by atoms with Crippen molar-refractivity contribution >= 4 is 21.6 Å². The van der Waals surface area contributed by atoms with Crippen LogP contribution in [0.1, 0.15) is 43.5 Å². The minimum Gasteiger partial charge on any atom is -0.497 e. The fourth-order valence-electron chi connectivity index (χ4n) is 4.10. The minimum atomic E-state index is -3.21. The van der Waals surface area contributed by atoms with E-state index < -0.39 is 15.9 Å². The van der Waals surface area contributed by atoms with Gasteiger partial charge in [-0.1, -0.05) is 31.4 Å². The topological polar surface area (TPSA) is 126 Å². The van der Waals surface area contributed by atoms with Crippen LogP contribution in [0.2, 0.25) is 0 Å². The Morgan fingerprint density at radius 1 is 1.12 bits per heavy atom. The van der Waals surface area contributed by atoms with Gasteiger partial charge in [0.25, 0.3) is 0 Å². The molecule has 0 radical (unpaired) electrons. The molecule has 1 aliphatic rings. The number of nitrogens with zero attached hydrogens (tertiary/aromatic N) is 2. The van der Waals surface area contributed by atoms with Gasteiger partial charge in [0.05, 0.1) is 24.7 Å². The first-order chi connectivity index (χ1) is 16.4. The van der Waals surface area contributed by atoms with Crippen molar-refractivity contribution < 1.29 is 17.9 Å². The summed E-state index contributed by atoms with van der Waals surface area (Å²) in [6.07, 6.45) is 4.53. The molecule has 0 unspecified atom stereocenters. The number of nitrogens with one attached hydrogen (secondary N) is 3. The van der Waals surface area contributed by atoms with E-state index in [9.17, 15) is 13.2 Å². The summed E-state index contributed by atoms with van der Waals surface area (Å²) >= 11 is 0. The predicted molar refractivity (Wildman–Crippen MR) is 130 cm³/mol. The van der Waals surface area contributed by atoms with E-state index in [0.717, 1.165) is 43.4 Å². The second kappa shape index (κ2) is 10.7. The van der Waals surface area contributed by atoms with E-state index in [4.69, 9.17) is 4.74 Å². The Kier molecular flexibility index (Phi) is 7.46. The summed E-state index contributed by atoms with van der Waals surface area (Å²) in [5.74, 6) is 1.76. The molecule has 1 saturated carbocycles. The van der Waals surface area contributed by atoms with Crippen molar-refractivity contribution in [1.29, 1.82) is 0 Å². The zero-order valence-electron chi connectivity index (χ0n) is 19.1. The number of carbonyl (C=O) groups is 1. The van der Waals surface area contributed by atoms with Crippen molar-refractivity contribution in [3.8, 4) is 17.1 Å². The van der Waals surface area contributed by atoms with Crippen LogP contribution in [0.4, 0.5) is 10.5 Å². The number of hydrogen-bond donors (Lipinski definition) is 3. The lowest BCUT2D eigenvalue weighted by atomic mass is 10.0. The SMILES string of the molecule is COc1ccc(-c2n[nH]c(CNC(=O)Nc3cccc(CS(=O)(=O)C4CCCCC4)c3)n2)cc1. The largest absolute Gasteiger partial charge is 0.497 e. The van der Waals surface area contributed by atoms with Crippen molar-refractivity contribution in [2.75, 3.05) is 12.4 Å². The van der Waals surface area contributed by atoms with Gasteiger partial charge < -0.3 is 15.4 Å². The summed E-state index contributed by atoms with van der Waals surface area (Å²) in [4.78, 5) is 16.8. The van der Waals surface area contributed by atoms with Crippen molar-refractivity contribution in [3.63, 3.8) is 0 Å². The Hall–Kier alpha value is -3.40. The highest BCUT2D eigenvalue weighted by Crippen LogP contribution is 2.26. The maximum Gasteiger partial charge on any atom is 0.319 e. The highest BCUT2D eigenvalue weighted by Gasteiger charge is 2.27. The van der Waals surface area contributed by atoms with Crippen molar-refractivity contribution in [2.45, 2.75) is 49.7 Å². The number of ether oxygens (including phenoxy) is 1. The van der Waals surface area contributed by atoms with Gasteiger partial charge in [0, 0.05) is 11.3 Å². The standard InChI is InChI=1S/C24H29N5O4S/c1-33-20-12-10-18(11-13-20)23-27-22(28-29-23)15-25-24(30)26-19-7-5-6-17(14-19)16-34(31,32)21-8-3-2-4-9-21/h5-7,10-14,21H,2-4,8-9,15-16H2,1H3,(H2,25,26,30)(H,27,28,29). The average Bonchev–Trinajstić information content (AvgIpc) is 3.32. The zero-order chi connectivity index (χ0) is 24.0. The lowest BCUT2D eigenvalue weighted by molar-refractivity contribution is 0.251. The van der Waals surface area contributed by atoms with Crippen LogP contribution in [-0.2, 0) is 22.1 Å². The average molecular weight is 484 g/mol. The molecule has 2 aromatic carbocycles. The molecule has 1 aromatic heterocycles. The number of amides is 2. The normalized spacial score (nSPS) is 14.5. The first-order valence-corrected chi connectivity index (χ1v) is 13.1. The van der Waals surface area contributed by atoms with Gasteiger partial charge in [-0.3, -0.25) is 5.10 Å². The summed E-state index contributed by atoms with van der Waals surface area (Å²) in [7, 11) is -1.60. The second-order valence-electron chi connectivity index (χ2n) is 8.41. The Bertz CT molecular complexity index is 1220. The molecule has 0 aliphatic heterocycles. The highest BCUT2D eigenvalue weighted by molar-refractivity contribution is 7.91. The molecule has 0 saturated heterocycles. The molecule has 3 N–H and O–H groups in total. The molecular weight excluding hydrogens is 454 g/mol. The van der Waals surface area contributed by atoms with E-state index in [2.05, 4.69) is 25.8 Å². The van der Waals surface area contributed by atoms with Crippen molar-refractivity contribution in [2.24, 2.45) is 0 Å². The highest BCUT2D eigenvalue weighted by atomic mass is 32.2. The molecule has 0 atom stereocenters. The van der Waals surface area contributed by atoms with Crippen LogP contribution in [-0.4, -0.2) is 42.0 Å². The molecule has 34 heavy (non-hydrogen) atoms. The molecule has 3 aromatic rings. The van der Waals surface area contributed by atoms with Crippen LogP contribution < -0.4 is 15.4 Å². The zero-order valence-corrected chi connectivity index (χ0v) is 19.9. The number of urea groups is 1. The van der Waals surface area contributed by atoms with Gasteiger partial charge in [-0.25, -0.2) is 18.2 Å². The maximum absolute atomic E-state index is 12.8. The number of aromatic amines is 1. The van der Waals surface area contributed by atoms with E-state index in [1.807, 2.05) is 24.3 Å². The lowest BCUT2D eigenvalue weighted by Gasteiger charge is -2.21. The Morgan fingerprint density at radius 3 is 2.62 bits per heavy atom. The number of benzene rings is 2. The van der Waals surface area contributed by atoms with Gasteiger partial charge >= 0.3 is 6.03 Å². The Morgan fingerprint density at radius 2 is 1.88 bits per heavy atom. The van der Waals surface area contributed by atoms with Crippen LogP contribution in [0.3, 0.4) is 0 Å². The number of carbonyl (C=O) groups excluding carboxylic acids is 1. The van der Waals surface area contributed by atoms with E-state index in [1.165, 1.54) is 0 Å². The molecule has 1 fully saturated rings. The van der Waals surface area contributed by atoms with Gasteiger partial charge in [0.1, 0.15) is 11.6 Å². The van der Waals surface area contributed by atoms with Crippen molar-refractivity contribution in [1.82, 2.24) is 20.5 Å². The molecule has 9 nitrogen and oxygen atoms in total. The molecular formula is C24H29N5O4S. The second-order valence-corrected chi connectivity index (χ2v) is 10.7. The van der Waals surface area contributed by atoms with Crippen LogP contribution >= 0.6 is 0 Å². The van der Waals surface area contributed by atoms with Gasteiger partial charge in [0.2, 0.25) is 0 Å². The fraction of sp³-hybridized carbons (Fsp3) is 0.375. The Labute approximate surface area is 199 Å². The molecule has 4 rings (SSSR count). The van der Waals surface area contributed by atoms with Crippen LogP contribution in [0.15, 0.2) is 48.5 Å². The van der Waals surface area contributed by atoms with E-state index >= 15 is 0 Å². The first kappa shape index (κ1) is 23.7. The third-order valence-corrected chi connectivity index (χ3v) is 8.13. The predicted octanol–water partition coefficient (Wildman–Crippen LogP) is 4.05. The van der Waals surface area contributed by atoms with Crippen molar-refractivity contribution in [3.05, 3.63) is 59.9 Å². The van der Waals surface area contributed by atoms with E-state index in [-0.39, 0.29) is 17.5 Å². The molecule has 2 amide bonds. The van der Waals surface area contributed by atoms with Crippen LogP contribution in [0.25, 0.3) is 11.4 Å². The minimum absolute atomic E-state index is 0.0129. The summed E-state index contributed by atoms with van der Waals surface area (Å²) < 4.78 is 30.7. The number of sulfone groups is 1. The number of H-pyrrole nitrogens is 1. The molecule has 1 heterocycles. The third-order valence-electron chi connectivity index (χ3n) is 5.91. The number of hydrogen-bond acceptors (Lipinski definition) is 6. The summed E-state index contributed by atoms with van der Waals surface area (Å²) in [5, 5.41) is 12.2. The van der Waals surface area contributed by atoms with Crippen LogP contribution in [0.5, 0.6) is 5.75 Å². The monoisotopic (exact) mass is 483 g/mol. The number of aromatic nitrogens is 3. The molecule has 0 spiro atoms. The van der Waals surface area contributed by atoms with E-state index in [1.54, 1.807) is 31.4 Å². The molecule has 10 heteroatoms. The Balaban J connectivity index is 1.31. The fourth-order valence-corrected chi connectivity index (χ4v) is 6.03. The molecule has 1 aliphatic carbocycles. The smallest absolute Gasteiger partial charge is 0.319 e. The van der Waals surface area contributed by atoms with Gasteiger partial charge in [-0.05, 0) is 54.8 Å². The first-order valence-electron chi connectivity index (χ1n) is 11.3. The van der Waals surface area contributed by atoms with Gasteiger partial charge in [-0.2, -0.15) is 5.10 Å². The summed E-state index contributed by atoms with van der Waals surface area (Å²) in [6, 6.07) is 13.9.